The van der Waals surface area contributed by atoms with Crippen molar-refractivity contribution in [3.8, 4) is 0 Å². The molecule has 0 amide bonds. The van der Waals surface area contributed by atoms with Gasteiger partial charge in [-0.3, -0.25) is 4.90 Å². The van der Waals surface area contributed by atoms with Crippen molar-refractivity contribution in [3.63, 3.8) is 0 Å². The number of hydrogen-bond acceptors (Lipinski definition) is 3. The molecular formula is C13H32N2O. The first-order valence-corrected chi connectivity index (χ1v) is 6.65. The van der Waals surface area contributed by atoms with E-state index in [9.17, 15) is 0 Å². The zero-order valence-electron chi connectivity index (χ0n) is 12.2. The van der Waals surface area contributed by atoms with E-state index in [2.05, 4.69) is 31.0 Å². The van der Waals surface area contributed by atoms with Gasteiger partial charge in [-0.05, 0) is 19.5 Å². The van der Waals surface area contributed by atoms with Crippen molar-refractivity contribution >= 4 is 0 Å². The molecule has 1 rings (SSSR count). The van der Waals surface area contributed by atoms with Crippen LogP contribution in [0.15, 0.2) is 0 Å². The van der Waals surface area contributed by atoms with Gasteiger partial charge >= 0.3 is 0 Å². The normalized spacial score (nSPS) is 15.9. The Bertz CT molecular complexity index is 111. The number of nitrogens with zero attached hydrogens (tertiary/aromatic N) is 1. The molecule has 0 atom stereocenters. The smallest absolute Gasteiger partial charge is 0.0594 e. The van der Waals surface area contributed by atoms with Crippen LogP contribution < -0.4 is 5.32 Å². The van der Waals surface area contributed by atoms with Gasteiger partial charge in [0.05, 0.1) is 13.2 Å². The van der Waals surface area contributed by atoms with Crippen LogP contribution in [0.3, 0.4) is 0 Å². The molecule has 1 N–H and O–H groups in total. The van der Waals surface area contributed by atoms with E-state index in [-0.39, 0.29) is 0 Å². The second-order valence-corrected chi connectivity index (χ2v) is 4.01. The summed E-state index contributed by atoms with van der Waals surface area (Å²) in [5.74, 6) is 0.790. The zero-order valence-corrected chi connectivity index (χ0v) is 12.2. The summed E-state index contributed by atoms with van der Waals surface area (Å²) in [6, 6.07) is 0. The lowest BCUT2D eigenvalue weighted by molar-refractivity contribution is 0.0329. The molecular weight excluding hydrogens is 200 g/mol. The molecule has 0 aromatic heterocycles. The molecule has 0 bridgehead atoms. The van der Waals surface area contributed by atoms with E-state index in [0.717, 1.165) is 38.8 Å². The fraction of sp³-hybridized carbons (Fsp3) is 1.00. The van der Waals surface area contributed by atoms with E-state index < -0.39 is 0 Å². The molecule has 0 aromatic carbocycles. The predicted octanol–water partition coefficient (Wildman–Crippen LogP) is 2.23. The summed E-state index contributed by atoms with van der Waals surface area (Å²) in [5.41, 5.74) is 0. The van der Waals surface area contributed by atoms with Gasteiger partial charge in [0.2, 0.25) is 0 Å². The van der Waals surface area contributed by atoms with Gasteiger partial charge < -0.3 is 10.1 Å². The SMILES string of the molecule is CC.CC(C)CN1CCOCC1.CCNC. The summed E-state index contributed by atoms with van der Waals surface area (Å²) in [4.78, 5) is 2.47. The third kappa shape index (κ3) is 13.9. The minimum Gasteiger partial charge on any atom is -0.379 e. The van der Waals surface area contributed by atoms with Gasteiger partial charge in [0.1, 0.15) is 0 Å². The molecule has 1 aliphatic rings. The third-order valence-corrected chi connectivity index (χ3v) is 2.08. The van der Waals surface area contributed by atoms with Crippen molar-refractivity contribution < 1.29 is 4.74 Å². The highest BCUT2D eigenvalue weighted by Crippen LogP contribution is 2.01. The zero-order chi connectivity index (χ0) is 12.8. The molecule has 1 aliphatic heterocycles. The first-order valence-electron chi connectivity index (χ1n) is 6.65. The highest BCUT2D eigenvalue weighted by molar-refractivity contribution is 4.62. The fourth-order valence-corrected chi connectivity index (χ4v) is 1.30. The van der Waals surface area contributed by atoms with Gasteiger partial charge in [-0.15, -0.1) is 0 Å². The molecule has 0 aromatic rings. The standard InChI is InChI=1S/C8H17NO.C3H9N.C2H6/c1-8(2)7-9-3-5-10-6-4-9;1-3-4-2;1-2/h8H,3-7H2,1-2H3;4H,3H2,1-2H3;1-2H3. The quantitative estimate of drug-likeness (QED) is 0.807. The Morgan fingerprint density at radius 3 is 1.94 bits per heavy atom. The lowest BCUT2D eigenvalue weighted by atomic mass is 10.2. The maximum atomic E-state index is 5.24. The Hall–Kier alpha value is -0.120. The largest absolute Gasteiger partial charge is 0.379 e. The molecule has 1 saturated heterocycles. The monoisotopic (exact) mass is 232 g/mol. The van der Waals surface area contributed by atoms with Crippen LogP contribution in [-0.2, 0) is 4.74 Å². The molecule has 0 saturated carbocycles. The minimum absolute atomic E-state index is 0.790. The van der Waals surface area contributed by atoms with Crippen LogP contribution in [0.25, 0.3) is 0 Å². The Labute approximate surface area is 103 Å². The Morgan fingerprint density at radius 2 is 1.62 bits per heavy atom. The predicted molar refractivity (Wildman–Crippen MR) is 73.0 cm³/mol. The van der Waals surface area contributed by atoms with E-state index in [0.29, 0.717) is 0 Å². The summed E-state index contributed by atoms with van der Waals surface area (Å²) < 4.78 is 5.24. The summed E-state index contributed by atoms with van der Waals surface area (Å²) in [6.07, 6.45) is 0. The van der Waals surface area contributed by atoms with E-state index in [4.69, 9.17) is 4.74 Å². The highest BCUT2D eigenvalue weighted by Gasteiger charge is 2.10. The first-order chi connectivity index (χ1) is 7.70. The topological polar surface area (TPSA) is 24.5 Å². The lowest BCUT2D eigenvalue weighted by Gasteiger charge is -2.27. The van der Waals surface area contributed by atoms with Crippen LogP contribution in [0, 0.1) is 5.92 Å². The van der Waals surface area contributed by atoms with Gasteiger partial charge in [-0.2, -0.15) is 0 Å². The Morgan fingerprint density at radius 1 is 1.19 bits per heavy atom. The van der Waals surface area contributed by atoms with E-state index in [1.54, 1.807) is 0 Å². The van der Waals surface area contributed by atoms with Crippen LogP contribution in [0.4, 0.5) is 0 Å². The Balaban J connectivity index is 0. The molecule has 0 radical (unpaired) electrons. The van der Waals surface area contributed by atoms with Crippen LogP contribution >= 0.6 is 0 Å². The van der Waals surface area contributed by atoms with Gasteiger partial charge in [-0.25, -0.2) is 0 Å². The van der Waals surface area contributed by atoms with Crippen molar-refractivity contribution in [1.29, 1.82) is 0 Å². The average molecular weight is 232 g/mol. The van der Waals surface area contributed by atoms with Gasteiger partial charge in [0.25, 0.3) is 0 Å². The number of rotatable bonds is 3. The van der Waals surface area contributed by atoms with Crippen molar-refractivity contribution in [3.05, 3.63) is 0 Å². The van der Waals surface area contributed by atoms with Crippen molar-refractivity contribution in [2.75, 3.05) is 46.4 Å². The third-order valence-electron chi connectivity index (χ3n) is 2.08. The van der Waals surface area contributed by atoms with Gasteiger partial charge in [0, 0.05) is 19.6 Å². The van der Waals surface area contributed by atoms with Crippen LogP contribution in [0.1, 0.15) is 34.6 Å². The van der Waals surface area contributed by atoms with Crippen molar-refractivity contribution in [1.82, 2.24) is 10.2 Å². The maximum Gasteiger partial charge on any atom is 0.0594 e. The summed E-state index contributed by atoms with van der Waals surface area (Å²) >= 11 is 0. The highest BCUT2D eigenvalue weighted by atomic mass is 16.5. The summed E-state index contributed by atoms with van der Waals surface area (Å²) in [6.45, 7) is 17.0. The second kappa shape index (κ2) is 14.9. The molecule has 16 heavy (non-hydrogen) atoms. The molecule has 100 valence electrons. The summed E-state index contributed by atoms with van der Waals surface area (Å²) in [7, 11) is 1.93. The van der Waals surface area contributed by atoms with E-state index in [1.807, 2.05) is 20.9 Å². The van der Waals surface area contributed by atoms with Crippen LogP contribution in [-0.4, -0.2) is 51.3 Å². The number of nitrogens with one attached hydrogen (secondary N) is 1. The van der Waals surface area contributed by atoms with Crippen LogP contribution in [0.5, 0.6) is 0 Å². The first kappa shape index (κ1) is 18.3. The molecule has 0 spiro atoms. The molecule has 0 aliphatic carbocycles. The average Bonchev–Trinajstić information content (AvgIpc) is 2.32. The second-order valence-electron chi connectivity index (χ2n) is 4.01. The van der Waals surface area contributed by atoms with Gasteiger partial charge in [0.15, 0.2) is 0 Å². The number of hydrogen-bond donors (Lipinski definition) is 1. The number of morpholine rings is 1. The van der Waals surface area contributed by atoms with Gasteiger partial charge in [-0.1, -0.05) is 34.6 Å². The molecule has 3 nitrogen and oxygen atoms in total. The van der Waals surface area contributed by atoms with Crippen molar-refractivity contribution in [2.24, 2.45) is 5.92 Å². The van der Waals surface area contributed by atoms with E-state index in [1.165, 1.54) is 6.54 Å². The minimum atomic E-state index is 0.790. The molecule has 3 heteroatoms. The molecule has 0 unspecified atom stereocenters. The van der Waals surface area contributed by atoms with Crippen LogP contribution in [0.2, 0.25) is 0 Å². The van der Waals surface area contributed by atoms with E-state index >= 15 is 0 Å². The fourth-order valence-electron chi connectivity index (χ4n) is 1.30. The van der Waals surface area contributed by atoms with Crippen molar-refractivity contribution in [2.45, 2.75) is 34.6 Å². The Kier molecular flexibility index (Phi) is 17.0. The molecule has 1 heterocycles. The summed E-state index contributed by atoms with van der Waals surface area (Å²) in [5, 5.41) is 2.93. The molecule has 1 fully saturated rings. The number of ether oxygens (including phenoxy) is 1. The maximum absolute atomic E-state index is 5.24. The lowest BCUT2D eigenvalue weighted by Crippen LogP contribution is -2.38.